The molecule has 1 aliphatic rings. The average molecular weight is 299 g/mol. The predicted molar refractivity (Wildman–Crippen MR) is 82.5 cm³/mol. The lowest BCUT2D eigenvalue weighted by atomic mass is 9.97. The summed E-state index contributed by atoms with van der Waals surface area (Å²) in [6.45, 7) is 8.12. The Hall–Kier alpha value is -0.640. The van der Waals surface area contributed by atoms with Gasteiger partial charge in [0.25, 0.3) is 0 Å². The van der Waals surface area contributed by atoms with Crippen LogP contribution in [-0.4, -0.2) is 30.6 Å². The van der Waals surface area contributed by atoms with Crippen molar-refractivity contribution in [3.63, 3.8) is 0 Å². The van der Waals surface area contributed by atoms with Gasteiger partial charge in [-0.15, -0.1) is 0 Å². The zero-order chi connectivity index (χ0) is 14.5. The summed E-state index contributed by atoms with van der Waals surface area (Å²) in [4.78, 5) is 2.34. The van der Waals surface area contributed by atoms with E-state index in [-0.39, 0.29) is 5.82 Å². The van der Waals surface area contributed by atoms with Crippen LogP contribution in [0.1, 0.15) is 32.3 Å². The van der Waals surface area contributed by atoms with E-state index in [9.17, 15) is 4.39 Å². The summed E-state index contributed by atoms with van der Waals surface area (Å²) in [5.74, 6) is 0.505. The Morgan fingerprint density at radius 2 is 2.25 bits per heavy atom. The summed E-state index contributed by atoms with van der Waals surface area (Å²) >= 11 is 5.95. The summed E-state index contributed by atoms with van der Waals surface area (Å²) in [5, 5.41) is 4.11. The summed E-state index contributed by atoms with van der Waals surface area (Å²) in [5.41, 5.74) is 0.704. The van der Waals surface area contributed by atoms with Crippen LogP contribution in [0.15, 0.2) is 18.2 Å². The van der Waals surface area contributed by atoms with Gasteiger partial charge in [-0.2, -0.15) is 0 Å². The lowest BCUT2D eigenvalue weighted by Gasteiger charge is -2.33. The largest absolute Gasteiger partial charge is 0.314 e. The summed E-state index contributed by atoms with van der Waals surface area (Å²) < 4.78 is 13.8. The van der Waals surface area contributed by atoms with Crippen molar-refractivity contribution < 1.29 is 4.39 Å². The number of benzene rings is 1. The van der Waals surface area contributed by atoms with Crippen LogP contribution in [0.4, 0.5) is 4.39 Å². The van der Waals surface area contributed by atoms with Crippen LogP contribution in [0.2, 0.25) is 5.02 Å². The minimum atomic E-state index is -0.156. The van der Waals surface area contributed by atoms with Crippen LogP contribution in [0.3, 0.4) is 0 Å². The smallest absolute Gasteiger partial charge is 0.127 e. The molecular weight excluding hydrogens is 275 g/mol. The number of rotatable bonds is 5. The van der Waals surface area contributed by atoms with Crippen LogP contribution >= 0.6 is 11.6 Å². The van der Waals surface area contributed by atoms with Crippen LogP contribution in [0, 0.1) is 11.7 Å². The van der Waals surface area contributed by atoms with Crippen molar-refractivity contribution in [2.45, 2.75) is 39.3 Å². The second-order valence-corrected chi connectivity index (χ2v) is 6.48. The zero-order valence-electron chi connectivity index (χ0n) is 12.3. The van der Waals surface area contributed by atoms with Gasteiger partial charge in [0.15, 0.2) is 0 Å². The van der Waals surface area contributed by atoms with Gasteiger partial charge in [0.05, 0.1) is 0 Å². The fourth-order valence-electron chi connectivity index (χ4n) is 2.77. The van der Waals surface area contributed by atoms with Crippen molar-refractivity contribution in [2.75, 3.05) is 19.6 Å². The molecule has 1 aromatic carbocycles. The van der Waals surface area contributed by atoms with E-state index in [1.165, 1.54) is 18.9 Å². The number of likely N-dealkylation sites (tertiary alicyclic amines) is 1. The summed E-state index contributed by atoms with van der Waals surface area (Å²) in [6.07, 6.45) is 2.45. The molecule has 0 saturated carbocycles. The van der Waals surface area contributed by atoms with Crippen LogP contribution in [0.25, 0.3) is 0 Å². The fourth-order valence-corrected chi connectivity index (χ4v) is 2.96. The molecule has 1 N–H and O–H groups in total. The van der Waals surface area contributed by atoms with Crippen molar-refractivity contribution >= 4 is 11.6 Å². The monoisotopic (exact) mass is 298 g/mol. The van der Waals surface area contributed by atoms with Gasteiger partial charge in [-0.05, 0) is 50.0 Å². The topological polar surface area (TPSA) is 15.3 Å². The standard InChI is InChI=1S/C16H24ClFN2/c1-12(2)19-9-13-4-3-7-20(10-13)11-14-8-15(17)5-6-16(14)18/h5-6,8,12-13,19H,3-4,7,9-11H2,1-2H3. The molecular formula is C16H24ClFN2. The molecule has 0 bridgehead atoms. The first-order valence-electron chi connectivity index (χ1n) is 7.44. The van der Waals surface area contributed by atoms with E-state index in [0.717, 1.165) is 19.6 Å². The van der Waals surface area contributed by atoms with Crippen LogP contribution in [-0.2, 0) is 6.54 Å². The van der Waals surface area contributed by atoms with Gasteiger partial charge in [-0.25, -0.2) is 4.39 Å². The molecule has 112 valence electrons. The Labute approximate surface area is 126 Å². The molecule has 1 aromatic rings. The van der Waals surface area contributed by atoms with E-state index in [0.29, 0.717) is 29.1 Å². The van der Waals surface area contributed by atoms with Gasteiger partial charge < -0.3 is 5.32 Å². The SMILES string of the molecule is CC(C)NCC1CCCN(Cc2cc(Cl)ccc2F)C1. The number of hydrogen-bond acceptors (Lipinski definition) is 2. The molecule has 1 heterocycles. The Balaban J connectivity index is 1.90. The molecule has 20 heavy (non-hydrogen) atoms. The third-order valence-corrected chi connectivity index (χ3v) is 4.05. The van der Waals surface area contributed by atoms with Gasteiger partial charge in [0, 0.05) is 29.7 Å². The normalized spacial score (nSPS) is 20.6. The van der Waals surface area contributed by atoms with Gasteiger partial charge in [-0.1, -0.05) is 25.4 Å². The molecule has 4 heteroatoms. The summed E-state index contributed by atoms with van der Waals surface area (Å²) in [7, 11) is 0. The molecule has 2 nitrogen and oxygen atoms in total. The third kappa shape index (κ3) is 4.72. The number of piperidine rings is 1. The van der Waals surface area contributed by atoms with Crippen LogP contribution < -0.4 is 5.32 Å². The number of halogens is 2. The van der Waals surface area contributed by atoms with E-state index in [1.807, 2.05) is 0 Å². The van der Waals surface area contributed by atoms with Crippen molar-refractivity contribution in [3.05, 3.63) is 34.6 Å². The van der Waals surface area contributed by atoms with Crippen molar-refractivity contribution in [2.24, 2.45) is 5.92 Å². The maximum Gasteiger partial charge on any atom is 0.127 e. The second kappa shape index (κ2) is 7.39. The molecule has 0 spiro atoms. The second-order valence-electron chi connectivity index (χ2n) is 6.04. The molecule has 0 amide bonds. The van der Waals surface area contributed by atoms with Crippen molar-refractivity contribution in [1.82, 2.24) is 10.2 Å². The fraction of sp³-hybridized carbons (Fsp3) is 0.625. The Kier molecular flexibility index (Phi) is 5.82. The molecule has 1 atom stereocenters. The van der Waals surface area contributed by atoms with Gasteiger partial charge in [0.2, 0.25) is 0 Å². The first kappa shape index (κ1) is 15.7. The first-order valence-corrected chi connectivity index (χ1v) is 7.82. The minimum absolute atomic E-state index is 0.156. The lowest BCUT2D eigenvalue weighted by Crippen LogP contribution is -2.40. The van der Waals surface area contributed by atoms with E-state index < -0.39 is 0 Å². The third-order valence-electron chi connectivity index (χ3n) is 3.82. The number of nitrogens with one attached hydrogen (secondary N) is 1. The molecule has 1 unspecified atom stereocenters. The molecule has 0 aliphatic carbocycles. The maximum absolute atomic E-state index is 13.8. The van der Waals surface area contributed by atoms with Gasteiger partial charge in [0.1, 0.15) is 5.82 Å². The highest BCUT2D eigenvalue weighted by atomic mass is 35.5. The Bertz CT molecular complexity index is 436. The van der Waals surface area contributed by atoms with Crippen LogP contribution in [0.5, 0.6) is 0 Å². The molecule has 1 saturated heterocycles. The zero-order valence-corrected chi connectivity index (χ0v) is 13.1. The Morgan fingerprint density at radius 3 is 3.00 bits per heavy atom. The number of hydrogen-bond donors (Lipinski definition) is 1. The van der Waals surface area contributed by atoms with E-state index in [4.69, 9.17) is 11.6 Å². The first-order chi connectivity index (χ1) is 9.54. The minimum Gasteiger partial charge on any atom is -0.314 e. The quantitative estimate of drug-likeness (QED) is 0.892. The van der Waals surface area contributed by atoms with E-state index in [2.05, 4.69) is 24.1 Å². The van der Waals surface area contributed by atoms with E-state index in [1.54, 1.807) is 12.1 Å². The van der Waals surface area contributed by atoms with Crippen molar-refractivity contribution in [3.8, 4) is 0 Å². The average Bonchev–Trinajstić information content (AvgIpc) is 2.41. The predicted octanol–water partition coefficient (Wildman–Crippen LogP) is 3.69. The Morgan fingerprint density at radius 1 is 1.45 bits per heavy atom. The molecule has 1 fully saturated rings. The molecule has 1 aliphatic heterocycles. The number of nitrogens with zero attached hydrogens (tertiary/aromatic N) is 1. The highest BCUT2D eigenvalue weighted by Crippen LogP contribution is 2.21. The lowest BCUT2D eigenvalue weighted by molar-refractivity contribution is 0.162. The molecule has 2 rings (SSSR count). The highest BCUT2D eigenvalue weighted by Gasteiger charge is 2.20. The summed E-state index contributed by atoms with van der Waals surface area (Å²) in [6, 6.07) is 5.33. The maximum atomic E-state index is 13.8. The molecule has 0 aromatic heterocycles. The van der Waals surface area contributed by atoms with Crippen molar-refractivity contribution in [1.29, 1.82) is 0 Å². The van der Waals surface area contributed by atoms with E-state index >= 15 is 0 Å². The van der Waals surface area contributed by atoms with Gasteiger partial charge >= 0.3 is 0 Å². The highest BCUT2D eigenvalue weighted by molar-refractivity contribution is 6.30. The van der Waals surface area contributed by atoms with Gasteiger partial charge in [-0.3, -0.25) is 4.90 Å². The molecule has 0 radical (unpaired) electrons.